The van der Waals surface area contributed by atoms with E-state index in [0.717, 1.165) is 26.3 Å². The molecule has 4 heteroatoms. The largest absolute Gasteiger partial charge is 0.381 e. The maximum absolute atomic E-state index is 11.6. The van der Waals surface area contributed by atoms with Crippen LogP contribution in [0.25, 0.3) is 0 Å². The lowest BCUT2D eigenvalue weighted by atomic mass is 9.99. The van der Waals surface area contributed by atoms with Gasteiger partial charge in [0.25, 0.3) is 0 Å². The zero-order chi connectivity index (χ0) is 11.3. The number of rotatable bonds is 5. The molecule has 2 atom stereocenters. The van der Waals surface area contributed by atoms with Crippen molar-refractivity contribution >= 4 is 17.5 Å². The first-order valence-corrected chi connectivity index (χ1v) is 6.14. The van der Waals surface area contributed by atoms with Crippen LogP contribution in [0.3, 0.4) is 0 Å². The van der Waals surface area contributed by atoms with E-state index >= 15 is 0 Å². The van der Waals surface area contributed by atoms with Crippen LogP contribution in [0, 0.1) is 11.8 Å². The molecule has 0 bridgehead atoms. The second-order valence-electron chi connectivity index (χ2n) is 4.13. The Morgan fingerprint density at radius 1 is 1.53 bits per heavy atom. The third-order valence-corrected chi connectivity index (χ3v) is 3.15. The minimum atomic E-state index is 0.177. The number of hydrogen-bond donors (Lipinski definition) is 0. The highest BCUT2D eigenvalue weighted by Crippen LogP contribution is 2.23. The van der Waals surface area contributed by atoms with E-state index in [1.54, 1.807) is 0 Å². The van der Waals surface area contributed by atoms with Gasteiger partial charge in [-0.3, -0.25) is 4.79 Å². The molecule has 0 unspecified atom stereocenters. The molecule has 15 heavy (non-hydrogen) atoms. The van der Waals surface area contributed by atoms with Gasteiger partial charge in [0.15, 0.2) is 0 Å². The molecule has 0 radical (unpaired) electrons. The summed E-state index contributed by atoms with van der Waals surface area (Å²) in [5, 5.41) is 0. The molecule has 3 nitrogen and oxygen atoms in total. The Labute approximate surface area is 96.7 Å². The average molecular weight is 234 g/mol. The molecular weight excluding hydrogens is 214 g/mol. The lowest BCUT2D eigenvalue weighted by molar-refractivity contribution is -0.130. The molecule has 0 N–H and O–H groups in total. The molecule has 0 aromatic heterocycles. The maximum atomic E-state index is 11.6. The van der Waals surface area contributed by atoms with Crippen molar-refractivity contribution in [3.8, 4) is 0 Å². The Morgan fingerprint density at radius 2 is 2.27 bits per heavy atom. The summed E-state index contributed by atoms with van der Waals surface area (Å²) in [5.74, 6) is 1.62. The summed E-state index contributed by atoms with van der Waals surface area (Å²) in [6.07, 6.45) is 0.454. The van der Waals surface area contributed by atoms with Crippen LogP contribution >= 0.6 is 11.6 Å². The first-order chi connectivity index (χ1) is 7.19. The molecule has 1 aliphatic heterocycles. The molecule has 0 aliphatic carbocycles. The summed E-state index contributed by atoms with van der Waals surface area (Å²) < 4.78 is 5.41. The quantitative estimate of drug-likeness (QED) is 0.678. The molecule has 1 fully saturated rings. The molecule has 1 saturated heterocycles. The summed E-state index contributed by atoms with van der Waals surface area (Å²) in [6.45, 7) is 7.37. The highest BCUT2D eigenvalue weighted by atomic mass is 35.5. The van der Waals surface area contributed by atoms with E-state index in [1.165, 1.54) is 0 Å². The SMILES string of the molecule is CCOC[C@@H]1CN(C(=O)CCCl)C[C@@H]1C. The van der Waals surface area contributed by atoms with E-state index in [9.17, 15) is 4.79 Å². The van der Waals surface area contributed by atoms with Crippen LogP contribution < -0.4 is 0 Å². The highest BCUT2D eigenvalue weighted by molar-refractivity contribution is 6.18. The minimum absolute atomic E-state index is 0.177. The van der Waals surface area contributed by atoms with Gasteiger partial charge in [-0.05, 0) is 12.8 Å². The molecule has 0 aromatic rings. The van der Waals surface area contributed by atoms with Gasteiger partial charge >= 0.3 is 0 Å². The Hall–Kier alpha value is -0.280. The van der Waals surface area contributed by atoms with Crippen LogP contribution in [0.1, 0.15) is 20.3 Å². The number of nitrogens with zero attached hydrogens (tertiary/aromatic N) is 1. The summed E-state index contributed by atoms with van der Waals surface area (Å²) >= 11 is 5.56. The zero-order valence-electron chi connectivity index (χ0n) is 9.54. The number of halogens is 1. The van der Waals surface area contributed by atoms with Crippen LogP contribution in [0.2, 0.25) is 0 Å². The van der Waals surface area contributed by atoms with Gasteiger partial charge in [0, 0.05) is 37.9 Å². The summed E-state index contributed by atoms with van der Waals surface area (Å²) in [7, 11) is 0. The molecule has 0 saturated carbocycles. The smallest absolute Gasteiger partial charge is 0.223 e. The van der Waals surface area contributed by atoms with Gasteiger partial charge in [0.1, 0.15) is 0 Å². The molecule has 0 spiro atoms. The normalized spacial score (nSPS) is 25.9. The molecular formula is C11H20ClNO2. The summed E-state index contributed by atoms with van der Waals surface area (Å²) in [6, 6.07) is 0. The highest BCUT2D eigenvalue weighted by Gasteiger charge is 2.31. The zero-order valence-corrected chi connectivity index (χ0v) is 10.3. The van der Waals surface area contributed by atoms with Crippen molar-refractivity contribution < 1.29 is 9.53 Å². The van der Waals surface area contributed by atoms with Crippen molar-refractivity contribution in [2.75, 3.05) is 32.2 Å². The van der Waals surface area contributed by atoms with Crippen molar-refractivity contribution in [2.24, 2.45) is 11.8 Å². The van der Waals surface area contributed by atoms with Gasteiger partial charge in [0.2, 0.25) is 5.91 Å². The second kappa shape index (κ2) is 6.33. The average Bonchev–Trinajstić information content (AvgIpc) is 2.57. The van der Waals surface area contributed by atoms with E-state index in [0.29, 0.717) is 24.1 Å². The summed E-state index contributed by atoms with van der Waals surface area (Å²) in [4.78, 5) is 13.5. The first-order valence-electron chi connectivity index (χ1n) is 5.60. The lowest BCUT2D eigenvalue weighted by Gasteiger charge is -2.15. The van der Waals surface area contributed by atoms with Gasteiger partial charge in [0.05, 0.1) is 6.61 Å². The van der Waals surface area contributed by atoms with Gasteiger partial charge in [-0.2, -0.15) is 0 Å². The molecule has 0 aromatic carbocycles. The number of carbonyl (C=O) groups is 1. The third-order valence-electron chi connectivity index (χ3n) is 2.97. The molecule has 1 rings (SSSR count). The molecule has 1 aliphatic rings. The van der Waals surface area contributed by atoms with Gasteiger partial charge in [-0.15, -0.1) is 11.6 Å². The van der Waals surface area contributed by atoms with Crippen LogP contribution in [-0.4, -0.2) is 43.0 Å². The van der Waals surface area contributed by atoms with Crippen molar-refractivity contribution in [2.45, 2.75) is 20.3 Å². The minimum Gasteiger partial charge on any atom is -0.381 e. The van der Waals surface area contributed by atoms with Crippen molar-refractivity contribution in [1.29, 1.82) is 0 Å². The van der Waals surface area contributed by atoms with Crippen LogP contribution in [0.5, 0.6) is 0 Å². The fourth-order valence-electron chi connectivity index (χ4n) is 1.96. The number of ether oxygens (including phenoxy) is 1. The number of amides is 1. The number of likely N-dealkylation sites (tertiary alicyclic amines) is 1. The van der Waals surface area contributed by atoms with E-state index in [1.807, 2.05) is 11.8 Å². The van der Waals surface area contributed by atoms with Crippen LogP contribution in [0.4, 0.5) is 0 Å². The lowest BCUT2D eigenvalue weighted by Crippen LogP contribution is -2.29. The molecule has 1 amide bonds. The first kappa shape index (κ1) is 12.8. The molecule has 1 heterocycles. The van der Waals surface area contributed by atoms with Gasteiger partial charge < -0.3 is 9.64 Å². The Balaban J connectivity index is 2.37. The molecule has 88 valence electrons. The van der Waals surface area contributed by atoms with E-state index in [-0.39, 0.29) is 5.91 Å². The van der Waals surface area contributed by atoms with Gasteiger partial charge in [-0.1, -0.05) is 6.92 Å². The fraction of sp³-hybridized carbons (Fsp3) is 0.909. The number of alkyl halides is 1. The monoisotopic (exact) mass is 233 g/mol. The van der Waals surface area contributed by atoms with Gasteiger partial charge in [-0.25, -0.2) is 0 Å². The summed E-state index contributed by atoms with van der Waals surface area (Å²) in [5.41, 5.74) is 0. The van der Waals surface area contributed by atoms with E-state index in [4.69, 9.17) is 16.3 Å². The van der Waals surface area contributed by atoms with Crippen LogP contribution in [0.15, 0.2) is 0 Å². The van der Waals surface area contributed by atoms with Crippen LogP contribution in [-0.2, 0) is 9.53 Å². The fourth-order valence-corrected chi connectivity index (χ4v) is 2.12. The van der Waals surface area contributed by atoms with Crippen molar-refractivity contribution in [1.82, 2.24) is 4.90 Å². The predicted octanol–water partition coefficient (Wildman–Crippen LogP) is 1.75. The second-order valence-corrected chi connectivity index (χ2v) is 4.51. The standard InChI is InChI=1S/C11H20ClNO2/c1-3-15-8-10-7-13(6-9(10)2)11(14)4-5-12/h9-10H,3-8H2,1-2H3/t9-,10-/m0/s1. The maximum Gasteiger partial charge on any atom is 0.223 e. The number of hydrogen-bond acceptors (Lipinski definition) is 2. The Bertz CT molecular complexity index is 211. The predicted molar refractivity (Wildman–Crippen MR) is 61.1 cm³/mol. The van der Waals surface area contributed by atoms with E-state index in [2.05, 4.69) is 6.92 Å². The van der Waals surface area contributed by atoms with Crippen molar-refractivity contribution in [3.63, 3.8) is 0 Å². The Kier molecular flexibility index (Phi) is 5.40. The van der Waals surface area contributed by atoms with Crippen molar-refractivity contribution in [3.05, 3.63) is 0 Å². The topological polar surface area (TPSA) is 29.5 Å². The third kappa shape index (κ3) is 3.65. The van der Waals surface area contributed by atoms with E-state index < -0.39 is 0 Å². The Morgan fingerprint density at radius 3 is 2.87 bits per heavy atom. The number of carbonyl (C=O) groups excluding carboxylic acids is 1.